The second kappa shape index (κ2) is 6.40. The lowest BCUT2D eigenvalue weighted by Gasteiger charge is -2.09. The van der Waals surface area contributed by atoms with Gasteiger partial charge in [-0.1, -0.05) is 6.07 Å². The molecule has 0 saturated heterocycles. The average Bonchev–Trinajstić information content (AvgIpc) is 2.28. The van der Waals surface area contributed by atoms with Gasteiger partial charge in [0.25, 0.3) is 0 Å². The van der Waals surface area contributed by atoms with Crippen LogP contribution in [0.15, 0.2) is 23.1 Å². The zero-order valence-electron chi connectivity index (χ0n) is 9.10. The first-order valence-electron chi connectivity index (χ1n) is 5.00. The molecule has 0 radical (unpaired) electrons. The lowest BCUT2D eigenvalue weighted by Crippen LogP contribution is -2.08. The van der Waals surface area contributed by atoms with E-state index in [4.69, 9.17) is 15.6 Å². The number of rotatable bonds is 5. The third-order valence-electron chi connectivity index (χ3n) is 1.91. The molecule has 4 nitrogen and oxygen atoms in total. The Kier molecular flexibility index (Phi) is 5.14. The van der Waals surface area contributed by atoms with Gasteiger partial charge in [0.1, 0.15) is 0 Å². The molecular weight excluding hydrogens is 226 g/mol. The molecule has 0 aromatic heterocycles. The van der Waals surface area contributed by atoms with E-state index in [0.717, 1.165) is 4.90 Å². The fourth-order valence-corrected chi connectivity index (χ4v) is 1.96. The number of thioether (sulfide) groups is 1. The quantitative estimate of drug-likeness (QED) is 0.464. The number of anilines is 1. The number of aliphatic hydroxyl groups is 1. The number of esters is 1. The molecule has 0 aliphatic carbocycles. The minimum Gasteiger partial charge on any atom is -0.462 e. The smallest absolute Gasteiger partial charge is 0.340 e. The van der Waals surface area contributed by atoms with E-state index < -0.39 is 5.97 Å². The molecule has 1 aromatic rings. The Morgan fingerprint density at radius 2 is 2.31 bits per heavy atom. The first kappa shape index (κ1) is 12.9. The van der Waals surface area contributed by atoms with Crippen LogP contribution in [0.1, 0.15) is 17.3 Å². The summed E-state index contributed by atoms with van der Waals surface area (Å²) < 4.78 is 4.89. The maximum absolute atomic E-state index is 11.5. The summed E-state index contributed by atoms with van der Waals surface area (Å²) >= 11 is 1.41. The summed E-state index contributed by atoms with van der Waals surface area (Å²) in [6.45, 7) is 2.15. The van der Waals surface area contributed by atoms with Gasteiger partial charge in [-0.15, -0.1) is 11.8 Å². The van der Waals surface area contributed by atoms with E-state index in [9.17, 15) is 4.79 Å². The van der Waals surface area contributed by atoms with E-state index in [1.54, 1.807) is 19.1 Å². The van der Waals surface area contributed by atoms with Crippen LogP contribution in [0.25, 0.3) is 0 Å². The van der Waals surface area contributed by atoms with E-state index in [0.29, 0.717) is 23.6 Å². The highest BCUT2D eigenvalue weighted by Gasteiger charge is 2.13. The predicted octanol–water partition coefficient (Wildman–Crippen LogP) is 1.53. The van der Waals surface area contributed by atoms with Crippen LogP contribution >= 0.6 is 11.8 Å². The molecule has 0 aliphatic heterocycles. The van der Waals surface area contributed by atoms with Crippen molar-refractivity contribution >= 4 is 23.4 Å². The predicted molar refractivity (Wildman–Crippen MR) is 64.6 cm³/mol. The normalized spacial score (nSPS) is 10.1. The van der Waals surface area contributed by atoms with Crippen molar-refractivity contribution < 1.29 is 14.6 Å². The second-order valence-corrected chi connectivity index (χ2v) is 4.15. The third-order valence-corrected chi connectivity index (χ3v) is 2.96. The number of aliphatic hydroxyl groups excluding tert-OH is 1. The van der Waals surface area contributed by atoms with Gasteiger partial charge in [-0.3, -0.25) is 0 Å². The first-order valence-corrected chi connectivity index (χ1v) is 5.98. The van der Waals surface area contributed by atoms with E-state index in [2.05, 4.69) is 0 Å². The highest BCUT2D eigenvalue weighted by Crippen LogP contribution is 2.27. The number of ether oxygens (including phenoxy) is 1. The zero-order valence-corrected chi connectivity index (χ0v) is 9.92. The van der Waals surface area contributed by atoms with Gasteiger partial charge in [-0.2, -0.15) is 0 Å². The highest BCUT2D eigenvalue weighted by molar-refractivity contribution is 7.99. The minimum atomic E-state index is -0.411. The maximum atomic E-state index is 11.5. The molecule has 0 unspecified atom stereocenters. The van der Waals surface area contributed by atoms with E-state index in [-0.39, 0.29) is 6.61 Å². The SMILES string of the molecule is CCOC(=O)c1cccc(SCCO)c1N. The average molecular weight is 241 g/mol. The summed E-state index contributed by atoms with van der Waals surface area (Å²) in [5.41, 5.74) is 6.65. The Balaban J connectivity index is 2.89. The Hall–Kier alpha value is -1.20. The molecule has 0 heterocycles. The van der Waals surface area contributed by atoms with E-state index in [1.807, 2.05) is 6.07 Å². The Labute approximate surface area is 98.8 Å². The van der Waals surface area contributed by atoms with Crippen LogP contribution in [0.5, 0.6) is 0 Å². The summed E-state index contributed by atoms with van der Waals surface area (Å²) in [5.74, 6) is 0.141. The largest absolute Gasteiger partial charge is 0.462 e. The van der Waals surface area contributed by atoms with Crippen molar-refractivity contribution in [1.82, 2.24) is 0 Å². The van der Waals surface area contributed by atoms with Gasteiger partial charge >= 0.3 is 5.97 Å². The van der Waals surface area contributed by atoms with Crippen molar-refractivity contribution in [2.45, 2.75) is 11.8 Å². The van der Waals surface area contributed by atoms with Crippen molar-refractivity contribution in [3.8, 4) is 0 Å². The van der Waals surface area contributed by atoms with Crippen molar-refractivity contribution in [3.63, 3.8) is 0 Å². The van der Waals surface area contributed by atoms with Crippen LogP contribution < -0.4 is 5.73 Å². The fraction of sp³-hybridized carbons (Fsp3) is 0.364. The number of nitrogens with two attached hydrogens (primary N) is 1. The molecule has 5 heteroatoms. The molecule has 3 N–H and O–H groups in total. The molecule has 1 aromatic carbocycles. The van der Waals surface area contributed by atoms with Crippen LogP contribution in [0, 0.1) is 0 Å². The Morgan fingerprint density at radius 3 is 2.94 bits per heavy atom. The van der Waals surface area contributed by atoms with Gasteiger partial charge < -0.3 is 15.6 Å². The number of benzene rings is 1. The Morgan fingerprint density at radius 1 is 1.56 bits per heavy atom. The topological polar surface area (TPSA) is 72.5 Å². The van der Waals surface area contributed by atoms with Gasteiger partial charge in [0.2, 0.25) is 0 Å². The summed E-state index contributed by atoms with van der Waals surface area (Å²) in [7, 11) is 0. The lowest BCUT2D eigenvalue weighted by atomic mass is 10.2. The van der Waals surface area contributed by atoms with E-state index >= 15 is 0 Å². The van der Waals surface area contributed by atoms with Gasteiger partial charge in [0.05, 0.1) is 24.5 Å². The second-order valence-electron chi connectivity index (χ2n) is 3.01. The summed E-state index contributed by atoms with van der Waals surface area (Å²) in [5, 5.41) is 8.73. The summed E-state index contributed by atoms with van der Waals surface area (Å²) in [6, 6.07) is 5.21. The number of carbonyl (C=O) groups excluding carboxylic acids is 1. The molecular formula is C11H15NO3S. The number of para-hydroxylation sites is 1. The van der Waals surface area contributed by atoms with Crippen molar-refractivity contribution in [1.29, 1.82) is 0 Å². The van der Waals surface area contributed by atoms with Crippen LogP contribution in [-0.2, 0) is 4.74 Å². The van der Waals surface area contributed by atoms with Crippen LogP contribution in [-0.4, -0.2) is 30.0 Å². The summed E-state index contributed by atoms with van der Waals surface area (Å²) in [6.07, 6.45) is 0. The Bertz CT molecular complexity index is 368. The van der Waals surface area contributed by atoms with Gasteiger partial charge in [-0.25, -0.2) is 4.79 Å². The maximum Gasteiger partial charge on any atom is 0.340 e. The molecule has 16 heavy (non-hydrogen) atoms. The fourth-order valence-electron chi connectivity index (χ4n) is 1.21. The van der Waals surface area contributed by atoms with Crippen molar-refractivity contribution in [2.75, 3.05) is 24.7 Å². The molecule has 88 valence electrons. The standard InChI is InChI=1S/C11H15NO3S/c1-2-15-11(14)8-4-3-5-9(10(8)12)16-7-6-13/h3-5,13H,2,6-7,12H2,1H3. The van der Waals surface area contributed by atoms with E-state index in [1.165, 1.54) is 11.8 Å². The molecule has 0 saturated carbocycles. The van der Waals surface area contributed by atoms with Crippen LogP contribution in [0.3, 0.4) is 0 Å². The van der Waals surface area contributed by atoms with Crippen molar-refractivity contribution in [2.24, 2.45) is 0 Å². The van der Waals surface area contributed by atoms with Gasteiger partial charge in [0.15, 0.2) is 0 Å². The van der Waals surface area contributed by atoms with Crippen LogP contribution in [0.4, 0.5) is 5.69 Å². The monoisotopic (exact) mass is 241 g/mol. The third kappa shape index (κ3) is 3.15. The van der Waals surface area contributed by atoms with Gasteiger partial charge in [0, 0.05) is 10.6 Å². The molecule has 1 rings (SSSR count). The molecule has 0 amide bonds. The summed E-state index contributed by atoms with van der Waals surface area (Å²) in [4.78, 5) is 12.3. The number of hydrogen-bond donors (Lipinski definition) is 2. The minimum absolute atomic E-state index is 0.0771. The molecule has 0 aliphatic rings. The molecule has 0 bridgehead atoms. The molecule has 0 fully saturated rings. The molecule has 0 spiro atoms. The zero-order chi connectivity index (χ0) is 12.0. The van der Waals surface area contributed by atoms with Crippen LogP contribution in [0.2, 0.25) is 0 Å². The lowest BCUT2D eigenvalue weighted by molar-refractivity contribution is 0.0527. The highest BCUT2D eigenvalue weighted by atomic mass is 32.2. The van der Waals surface area contributed by atoms with Crippen molar-refractivity contribution in [3.05, 3.63) is 23.8 Å². The number of nitrogen functional groups attached to an aromatic ring is 1. The first-order chi connectivity index (χ1) is 7.70. The number of hydrogen-bond acceptors (Lipinski definition) is 5. The number of carbonyl (C=O) groups is 1. The van der Waals surface area contributed by atoms with Gasteiger partial charge in [-0.05, 0) is 19.1 Å². The molecule has 0 atom stereocenters.